The smallest absolute Gasteiger partial charge is 0.165 e. The van der Waals surface area contributed by atoms with Crippen molar-refractivity contribution >= 4 is 15.9 Å². The third-order valence-electron chi connectivity index (χ3n) is 3.28. The second-order valence-corrected chi connectivity index (χ2v) is 5.90. The van der Waals surface area contributed by atoms with Crippen LogP contribution in [0.1, 0.15) is 18.1 Å². The topological polar surface area (TPSA) is 35.2 Å². The number of halogens is 2. The zero-order valence-corrected chi connectivity index (χ0v) is 13.1. The van der Waals surface area contributed by atoms with Crippen LogP contribution >= 0.6 is 15.9 Å². The van der Waals surface area contributed by atoms with Gasteiger partial charge in [-0.25, -0.2) is 4.39 Å². The molecule has 0 amide bonds. The van der Waals surface area contributed by atoms with Gasteiger partial charge in [-0.2, -0.15) is 0 Å². The van der Waals surface area contributed by atoms with Crippen LogP contribution in [0.25, 0.3) is 0 Å². The second-order valence-electron chi connectivity index (χ2n) is 5.04. The van der Waals surface area contributed by atoms with Gasteiger partial charge in [0, 0.05) is 10.0 Å². The van der Waals surface area contributed by atoms with E-state index < -0.39 is 5.54 Å². The first-order valence-corrected chi connectivity index (χ1v) is 7.09. The average Bonchev–Trinajstić information content (AvgIpc) is 2.38. The fourth-order valence-corrected chi connectivity index (χ4v) is 3.00. The molecule has 2 nitrogen and oxygen atoms in total. The Morgan fingerprint density at radius 3 is 2.55 bits per heavy atom. The highest BCUT2D eigenvalue weighted by Gasteiger charge is 2.24. The van der Waals surface area contributed by atoms with E-state index in [1.54, 1.807) is 6.07 Å². The van der Waals surface area contributed by atoms with Gasteiger partial charge in [0.1, 0.15) is 0 Å². The third-order valence-corrected chi connectivity index (χ3v) is 3.97. The lowest BCUT2D eigenvalue weighted by Crippen LogP contribution is -2.35. The molecular weight excluding hydrogens is 321 g/mol. The summed E-state index contributed by atoms with van der Waals surface area (Å²) in [7, 11) is 1.45. The molecule has 1 unspecified atom stereocenters. The average molecular weight is 338 g/mol. The Kier molecular flexibility index (Phi) is 4.45. The van der Waals surface area contributed by atoms with E-state index in [2.05, 4.69) is 15.9 Å². The lowest BCUT2D eigenvalue weighted by Gasteiger charge is -2.26. The van der Waals surface area contributed by atoms with Crippen LogP contribution in [-0.2, 0) is 12.0 Å². The molecule has 1 atom stereocenters. The molecule has 0 bridgehead atoms. The minimum absolute atomic E-state index is 0.244. The van der Waals surface area contributed by atoms with E-state index in [1.165, 1.54) is 13.2 Å². The Bertz CT molecular complexity index is 613. The molecule has 2 aromatic rings. The molecule has 0 aliphatic rings. The molecule has 2 rings (SSSR count). The van der Waals surface area contributed by atoms with Crippen molar-refractivity contribution in [2.45, 2.75) is 18.9 Å². The summed E-state index contributed by atoms with van der Waals surface area (Å²) < 4.78 is 19.6. The molecule has 0 spiro atoms. The van der Waals surface area contributed by atoms with Crippen molar-refractivity contribution in [3.8, 4) is 5.75 Å². The van der Waals surface area contributed by atoms with Crippen molar-refractivity contribution < 1.29 is 9.13 Å². The quantitative estimate of drug-likeness (QED) is 0.914. The molecule has 0 aromatic heterocycles. The van der Waals surface area contributed by atoms with E-state index in [1.807, 2.05) is 37.3 Å². The highest BCUT2D eigenvalue weighted by Crippen LogP contribution is 2.30. The molecule has 2 aromatic carbocycles. The van der Waals surface area contributed by atoms with Crippen molar-refractivity contribution in [2.75, 3.05) is 7.11 Å². The molecule has 4 heteroatoms. The summed E-state index contributed by atoms with van der Waals surface area (Å²) in [6.45, 7) is 1.94. The number of benzene rings is 2. The Morgan fingerprint density at radius 2 is 1.95 bits per heavy atom. The summed E-state index contributed by atoms with van der Waals surface area (Å²) in [4.78, 5) is 0. The van der Waals surface area contributed by atoms with Crippen LogP contribution in [0.2, 0.25) is 0 Å². The van der Waals surface area contributed by atoms with Crippen LogP contribution < -0.4 is 10.5 Å². The van der Waals surface area contributed by atoms with Crippen LogP contribution in [0, 0.1) is 5.82 Å². The lowest BCUT2D eigenvalue weighted by molar-refractivity contribution is 0.385. The summed E-state index contributed by atoms with van der Waals surface area (Å²) in [5.74, 6) is -0.124. The number of hydrogen-bond acceptors (Lipinski definition) is 2. The minimum atomic E-state index is -0.582. The van der Waals surface area contributed by atoms with Gasteiger partial charge in [0.2, 0.25) is 0 Å². The highest BCUT2D eigenvalue weighted by atomic mass is 79.9. The van der Waals surface area contributed by atoms with Crippen LogP contribution in [0.4, 0.5) is 4.39 Å². The molecule has 0 heterocycles. The lowest BCUT2D eigenvalue weighted by atomic mass is 9.86. The van der Waals surface area contributed by atoms with E-state index in [4.69, 9.17) is 10.5 Å². The number of nitrogens with two attached hydrogens (primary N) is 1. The van der Waals surface area contributed by atoms with Gasteiger partial charge in [-0.15, -0.1) is 0 Å². The SMILES string of the molecule is COc1ccc(CC(C)(N)c2ccccc2Br)cc1F. The maximum Gasteiger partial charge on any atom is 0.165 e. The van der Waals surface area contributed by atoms with Gasteiger partial charge in [0.05, 0.1) is 7.11 Å². The first-order chi connectivity index (χ1) is 9.44. The van der Waals surface area contributed by atoms with Crippen molar-refractivity contribution in [1.29, 1.82) is 0 Å². The van der Waals surface area contributed by atoms with Crippen molar-refractivity contribution in [3.05, 3.63) is 63.9 Å². The number of rotatable bonds is 4. The first-order valence-electron chi connectivity index (χ1n) is 6.30. The van der Waals surface area contributed by atoms with E-state index in [9.17, 15) is 4.39 Å². The van der Waals surface area contributed by atoms with E-state index in [-0.39, 0.29) is 11.6 Å². The maximum atomic E-state index is 13.7. The second kappa shape index (κ2) is 5.94. The third kappa shape index (κ3) is 3.19. The van der Waals surface area contributed by atoms with Crippen molar-refractivity contribution in [1.82, 2.24) is 0 Å². The summed E-state index contributed by atoms with van der Waals surface area (Å²) in [6.07, 6.45) is 0.538. The number of hydrogen-bond donors (Lipinski definition) is 1. The molecular formula is C16H17BrFNO. The minimum Gasteiger partial charge on any atom is -0.494 e. The van der Waals surface area contributed by atoms with Crippen LogP contribution in [0.15, 0.2) is 46.9 Å². The van der Waals surface area contributed by atoms with E-state index in [0.717, 1.165) is 15.6 Å². The highest BCUT2D eigenvalue weighted by molar-refractivity contribution is 9.10. The summed E-state index contributed by atoms with van der Waals surface area (Å²) in [5, 5.41) is 0. The number of ether oxygens (including phenoxy) is 1. The largest absolute Gasteiger partial charge is 0.494 e. The zero-order valence-electron chi connectivity index (χ0n) is 11.5. The van der Waals surface area contributed by atoms with E-state index in [0.29, 0.717) is 6.42 Å². The monoisotopic (exact) mass is 337 g/mol. The molecule has 106 valence electrons. The van der Waals surface area contributed by atoms with Crippen LogP contribution in [-0.4, -0.2) is 7.11 Å². The van der Waals surface area contributed by atoms with Gasteiger partial charge in [-0.1, -0.05) is 40.2 Å². The predicted molar refractivity (Wildman–Crippen MR) is 82.3 cm³/mol. The number of methoxy groups -OCH3 is 1. The molecule has 0 aliphatic carbocycles. The standard InChI is InChI=1S/C16H17BrFNO/c1-16(19,12-5-3-4-6-13(12)17)10-11-7-8-15(20-2)14(18)9-11/h3-9H,10,19H2,1-2H3. The molecule has 0 fully saturated rings. The van der Waals surface area contributed by atoms with E-state index >= 15 is 0 Å². The van der Waals surface area contributed by atoms with Crippen LogP contribution in [0.5, 0.6) is 5.75 Å². The van der Waals surface area contributed by atoms with Crippen molar-refractivity contribution in [3.63, 3.8) is 0 Å². The van der Waals surface area contributed by atoms with Crippen LogP contribution in [0.3, 0.4) is 0 Å². The molecule has 0 aliphatic heterocycles. The normalized spacial score (nSPS) is 13.8. The molecule has 20 heavy (non-hydrogen) atoms. The maximum absolute atomic E-state index is 13.7. The predicted octanol–water partition coefficient (Wildman–Crippen LogP) is 4.01. The summed E-state index contributed by atoms with van der Waals surface area (Å²) >= 11 is 3.51. The fraction of sp³-hybridized carbons (Fsp3) is 0.250. The zero-order chi connectivity index (χ0) is 14.8. The van der Waals surface area contributed by atoms with Gasteiger partial charge >= 0.3 is 0 Å². The summed E-state index contributed by atoms with van der Waals surface area (Å²) in [5.41, 5.74) is 7.66. The summed E-state index contributed by atoms with van der Waals surface area (Å²) in [6, 6.07) is 12.8. The Balaban J connectivity index is 2.28. The van der Waals surface area contributed by atoms with Gasteiger partial charge in [-0.05, 0) is 42.7 Å². The van der Waals surface area contributed by atoms with Crippen molar-refractivity contribution in [2.24, 2.45) is 5.73 Å². The first kappa shape index (κ1) is 15.0. The Hall–Kier alpha value is -1.39. The molecule has 2 N–H and O–H groups in total. The van der Waals surface area contributed by atoms with Gasteiger partial charge in [-0.3, -0.25) is 0 Å². The molecule has 0 radical (unpaired) electrons. The molecule has 0 saturated heterocycles. The Labute approximate surface area is 126 Å². The Morgan fingerprint density at radius 1 is 1.25 bits per heavy atom. The van der Waals surface area contributed by atoms with Gasteiger partial charge < -0.3 is 10.5 Å². The molecule has 0 saturated carbocycles. The van der Waals surface area contributed by atoms with Gasteiger partial charge in [0.15, 0.2) is 11.6 Å². The van der Waals surface area contributed by atoms with Gasteiger partial charge in [0.25, 0.3) is 0 Å². The fourth-order valence-electron chi connectivity index (χ4n) is 2.26.